The van der Waals surface area contributed by atoms with Crippen molar-refractivity contribution >= 4 is 34.8 Å². The molecule has 5 nitrogen and oxygen atoms in total. The van der Waals surface area contributed by atoms with Crippen molar-refractivity contribution in [2.45, 2.75) is 26.9 Å². The Kier molecular flexibility index (Phi) is 8.36. The second-order valence-corrected chi connectivity index (χ2v) is 7.30. The molecule has 27 heavy (non-hydrogen) atoms. The number of benzene rings is 2. The Morgan fingerprint density at radius 2 is 1.74 bits per heavy atom. The predicted octanol–water partition coefficient (Wildman–Crippen LogP) is 4.07. The van der Waals surface area contributed by atoms with Gasteiger partial charge in [-0.3, -0.25) is 15.6 Å². The molecule has 2 rings (SSSR count). The molecule has 0 saturated heterocycles. The Hall–Kier alpha value is -2.31. The van der Waals surface area contributed by atoms with Crippen molar-refractivity contribution in [1.82, 2.24) is 16.2 Å². The molecule has 0 spiro atoms. The number of thiocarbonyl (C=S) groups is 1. The van der Waals surface area contributed by atoms with Crippen LogP contribution in [-0.4, -0.2) is 17.6 Å². The van der Waals surface area contributed by atoms with E-state index in [2.05, 4.69) is 30.0 Å². The van der Waals surface area contributed by atoms with Crippen molar-refractivity contribution in [2.75, 3.05) is 6.54 Å². The Bertz CT molecular complexity index is 749. The summed E-state index contributed by atoms with van der Waals surface area (Å²) in [6, 6.07) is 14.4. The highest BCUT2D eigenvalue weighted by Gasteiger charge is 2.06. The van der Waals surface area contributed by atoms with E-state index in [1.54, 1.807) is 24.3 Å². The van der Waals surface area contributed by atoms with Crippen LogP contribution in [0.4, 0.5) is 0 Å². The van der Waals surface area contributed by atoms with E-state index in [0.717, 1.165) is 24.3 Å². The van der Waals surface area contributed by atoms with Gasteiger partial charge in [0.05, 0.1) is 0 Å². The predicted molar refractivity (Wildman–Crippen MR) is 113 cm³/mol. The Morgan fingerprint density at radius 1 is 1.07 bits per heavy atom. The fourth-order valence-electron chi connectivity index (χ4n) is 2.15. The van der Waals surface area contributed by atoms with E-state index in [4.69, 9.17) is 28.6 Å². The van der Waals surface area contributed by atoms with Crippen molar-refractivity contribution in [1.29, 1.82) is 0 Å². The second-order valence-electron chi connectivity index (χ2n) is 6.46. The lowest BCUT2D eigenvalue weighted by Gasteiger charge is -2.12. The van der Waals surface area contributed by atoms with Gasteiger partial charge in [-0.25, -0.2) is 0 Å². The molecule has 0 unspecified atom stereocenters. The van der Waals surface area contributed by atoms with Crippen LogP contribution < -0.4 is 20.9 Å². The molecule has 2 aromatic carbocycles. The highest BCUT2D eigenvalue weighted by Crippen LogP contribution is 2.17. The highest BCUT2D eigenvalue weighted by molar-refractivity contribution is 7.80. The minimum Gasteiger partial charge on any atom is -0.489 e. The van der Waals surface area contributed by atoms with Crippen LogP contribution in [-0.2, 0) is 6.61 Å². The highest BCUT2D eigenvalue weighted by atomic mass is 35.5. The van der Waals surface area contributed by atoms with E-state index in [-0.39, 0.29) is 5.91 Å². The van der Waals surface area contributed by atoms with Crippen molar-refractivity contribution in [3.8, 4) is 5.75 Å². The van der Waals surface area contributed by atoms with E-state index in [1.165, 1.54) is 0 Å². The number of hydrogen-bond donors (Lipinski definition) is 3. The maximum atomic E-state index is 12.1. The number of amides is 1. The summed E-state index contributed by atoms with van der Waals surface area (Å²) in [6.45, 7) is 5.46. The molecule has 7 heteroatoms. The maximum Gasteiger partial charge on any atom is 0.269 e. The lowest BCUT2D eigenvalue weighted by Crippen LogP contribution is -2.47. The molecule has 0 aliphatic carbocycles. The van der Waals surface area contributed by atoms with E-state index in [1.807, 2.05) is 24.3 Å². The summed E-state index contributed by atoms with van der Waals surface area (Å²) in [6.07, 6.45) is 1.01. The fourth-order valence-corrected chi connectivity index (χ4v) is 2.43. The largest absolute Gasteiger partial charge is 0.489 e. The van der Waals surface area contributed by atoms with Gasteiger partial charge in [0.2, 0.25) is 0 Å². The van der Waals surface area contributed by atoms with E-state index in [9.17, 15) is 4.79 Å². The van der Waals surface area contributed by atoms with Crippen LogP contribution in [0, 0.1) is 5.92 Å². The zero-order chi connectivity index (χ0) is 19.6. The first-order valence-electron chi connectivity index (χ1n) is 8.75. The van der Waals surface area contributed by atoms with Crippen molar-refractivity contribution in [3.63, 3.8) is 0 Å². The zero-order valence-electron chi connectivity index (χ0n) is 15.4. The number of carbonyl (C=O) groups excluding carboxylic acids is 1. The summed E-state index contributed by atoms with van der Waals surface area (Å²) >= 11 is 11.0. The average Bonchev–Trinajstić information content (AvgIpc) is 2.66. The first-order valence-corrected chi connectivity index (χ1v) is 9.54. The molecule has 0 atom stereocenters. The quantitative estimate of drug-likeness (QED) is 0.478. The lowest BCUT2D eigenvalue weighted by atomic mass is 10.1. The summed E-state index contributed by atoms with van der Waals surface area (Å²) in [5, 5.41) is 4.11. The van der Waals surface area contributed by atoms with Gasteiger partial charge in [0.25, 0.3) is 5.91 Å². The number of carbonyl (C=O) groups is 1. The molecule has 0 saturated carbocycles. The number of hydrazine groups is 1. The summed E-state index contributed by atoms with van der Waals surface area (Å²) in [5.74, 6) is 1.08. The van der Waals surface area contributed by atoms with Crippen molar-refractivity contribution in [2.24, 2.45) is 5.92 Å². The fraction of sp³-hybridized carbons (Fsp3) is 0.300. The van der Waals surface area contributed by atoms with Crippen LogP contribution in [0.3, 0.4) is 0 Å². The van der Waals surface area contributed by atoms with Gasteiger partial charge in [0.1, 0.15) is 12.4 Å². The Balaban J connectivity index is 1.75. The number of nitrogens with one attached hydrogen (secondary N) is 3. The van der Waals surface area contributed by atoms with E-state index in [0.29, 0.717) is 28.2 Å². The molecule has 2 aromatic rings. The average molecular weight is 406 g/mol. The van der Waals surface area contributed by atoms with E-state index >= 15 is 0 Å². The van der Waals surface area contributed by atoms with Gasteiger partial charge in [-0.15, -0.1) is 0 Å². The van der Waals surface area contributed by atoms with Crippen molar-refractivity contribution < 1.29 is 9.53 Å². The molecule has 0 bridgehead atoms. The lowest BCUT2D eigenvalue weighted by molar-refractivity contribution is 0.0943. The van der Waals surface area contributed by atoms with Crippen LogP contribution in [0.1, 0.15) is 36.2 Å². The number of hydrogen-bond acceptors (Lipinski definition) is 3. The summed E-state index contributed by atoms with van der Waals surface area (Å²) < 4.78 is 5.68. The first-order chi connectivity index (χ1) is 12.9. The summed E-state index contributed by atoms with van der Waals surface area (Å²) in [4.78, 5) is 12.1. The van der Waals surface area contributed by atoms with Gasteiger partial charge >= 0.3 is 0 Å². The molecular weight excluding hydrogens is 382 g/mol. The van der Waals surface area contributed by atoms with Gasteiger partial charge in [-0.05, 0) is 66.5 Å². The number of rotatable bonds is 7. The molecule has 0 radical (unpaired) electrons. The molecule has 0 fully saturated rings. The molecule has 144 valence electrons. The smallest absolute Gasteiger partial charge is 0.269 e. The van der Waals surface area contributed by atoms with Crippen LogP contribution >= 0.6 is 23.8 Å². The number of halogens is 1. The summed E-state index contributed by atoms with van der Waals surface area (Å²) in [7, 11) is 0. The monoisotopic (exact) mass is 405 g/mol. The SMILES string of the molecule is CC(C)CCNC(=S)NNC(=O)c1ccc(COc2ccc(Cl)cc2)cc1. The normalized spacial score (nSPS) is 10.4. The van der Waals surface area contributed by atoms with Gasteiger partial charge in [0.15, 0.2) is 5.11 Å². The van der Waals surface area contributed by atoms with Crippen LogP contribution in [0.15, 0.2) is 48.5 Å². The molecule has 0 aromatic heterocycles. The molecule has 1 amide bonds. The van der Waals surface area contributed by atoms with Crippen LogP contribution in [0.2, 0.25) is 5.02 Å². The molecule has 0 aliphatic heterocycles. The van der Waals surface area contributed by atoms with Gasteiger partial charge in [0, 0.05) is 17.1 Å². The third-order valence-electron chi connectivity index (χ3n) is 3.73. The summed E-state index contributed by atoms with van der Waals surface area (Å²) in [5.41, 5.74) is 6.78. The van der Waals surface area contributed by atoms with Crippen LogP contribution in [0.5, 0.6) is 5.75 Å². The second kappa shape index (κ2) is 10.7. The van der Waals surface area contributed by atoms with Crippen LogP contribution in [0.25, 0.3) is 0 Å². The third kappa shape index (κ3) is 7.85. The Labute approximate surface area is 170 Å². The molecular formula is C20H24ClN3O2S. The topological polar surface area (TPSA) is 62.4 Å². The maximum absolute atomic E-state index is 12.1. The molecule has 3 N–H and O–H groups in total. The van der Waals surface area contributed by atoms with E-state index < -0.39 is 0 Å². The number of ether oxygens (including phenoxy) is 1. The van der Waals surface area contributed by atoms with Gasteiger partial charge < -0.3 is 10.1 Å². The standard InChI is InChI=1S/C20H24ClN3O2S/c1-14(2)11-12-22-20(27)24-23-19(25)16-5-3-15(4-6-16)13-26-18-9-7-17(21)8-10-18/h3-10,14H,11-13H2,1-2H3,(H,23,25)(H2,22,24,27). The molecule has 0 aliphatic rings. The van der Waals surface area contributed by atoms with Gasteiger partial charge in [-0.2, -0.15) is 0 Å². The minimum absolute atomic E-state index is 0.256. The Morgan fingerprint density at radius 3 is 2.37 bits per heavy atom. The third-order valence-corrected chi connectivity index (χ3v) is 4.23. The van der Waals surface area contributed by atoms with Crippen molar-refractivity contribution in [3.05, 3.63) is 64.7 Å². The first kappa shape index (κ1) is 21.0. The van der Waals surface area contributed by atoms with Gasteiger partial charge in [-0.1, -0.05) is 37.6 Å². The molecule has 0 heterocycles. The minimum atomic E-state index is -0.256. The zero-order valence-corrected chi connectivity index (χ0v) is 17.0.